The van der Waals surface area contributed by atoms with E-state index in [0.717, 1.165) is 18.7 Å². The van der Waals surface area contributed by atoms with Gasteiger partial charge in [0.1, 0.15) is 5.84 Å². The van der Waals surface area contributed by atoms with Gasteiger partial charge in [-0.15, -0.1) is 0 Å². The highest BCUT2D eigenvalue weighted by Gasteiger charge is 2.20. The van der Waals surface area contributed by atoms with E-state index in [1.165, 1.54) is 24.9 Å². The normalized spacial score (nSPS) is 20.7. The Morgan fingerprint density at radius 1 is 1.53 bits per heavy atom. The highest BCUT2D eigenvalue weighted by molar-refractivity contribution is 5.95. The third kappa shape index (κ3) is 3.78. The molecule has 1 fully saturated rings. The van der Waals surface area contributed by atoms with Gasteiger partial charge in [0, 0.05) is 24.7 Å². The number of nitrogens with two attached hydrogens (primary N) is 1. The molecule has 1 aromatic rings. The summed E-state index contributed by atoms with van der Waals surface area (Å²) in [6, 6.07) is 8.62. The summed E-state index contributed by atoms with van der Waals surface area (Å²) in [7, 11) is 4.38. The van der Waals surface area contributed by atoms with E-state index in [0.29, 0.717) is 6.04 Å². The quantitative estimate of drug-likeness (QED) is 0.637. The number of nitrogens with one attached hydrogen (secondary N) is 1. The second kappa shape index (κ2) is 6.17. The summed E-state index contributed by atoms with van der Waals surface area (Å²) >= 11 is 0. The second-order valence-electron chi connectivity index (χ2n) is 5.59. The first-order chi connectivity index (χ1) is 9.06. The van der Waals surface area contributed by atoms with Gasteiger partial charge in [0.2, 0.25) is 0 Å². The second-order valence-corrected chi connectivity index (χ2v) is 5.59. The van der Waals surface area contributed by atoms with Crippen LogP contribution in [0.25, 0.3) is 0 Å². The summed E-state index contributed by atoms with van der Waals surface area (Å²) in [4.78, 5) is 4.81. The Labute approximate surface area is 115 Å². The number of likely N-dealkylation sites (N-methyl/N-ethyl adjacent to an activating group) is 2. The molecular formula is C15H24N4. The van der Waals surface area contributed by atoms with E-state index < -0.39 is 0 Å². The highest BCUT2D eigenvalue weighted by atomic mass is 15.2. The molecule has 4 nitrogen and oxygen atoms in total. The summed E-state index contributed by atoms with van der Waals surface area (Å²) in [5.74, 6) is 0.141. The molecule has 1 unspecified atom stereocenters. The summed E-state index contributed by atoms with van der Waals surface area (Å²) in [6.45, 7) is 3.27. The zero-order valence-corrected chi connectivity index (χ0v) is 11.9. The maximum atomic E-state index is 7.49. The van der Waals surface area contributed by atoms with Crippen molar-refractivity contribution in [2.24, 2.45) is 5.73 Å². The first-order valence-electron chi connectivity index (χ1n) is 6.88. The van der Waals surface area contributed by atoms with Crippen LogP contribution in [0.15, 0.2) is 24.3 Å². The minimum Gasteiger partial charge on any atom is -0.384 e. The number of hydrogen-bond donors (Lipinski definition) is 2. The predicted octanol–water partition coefficient (Wildman–Crippen LogP) is 1.50. The third-order valence-corrected chi connectivity index (χ3v) is 3.89. The lowest BCUT2D eigenvalue weighted by Crippen LogP contribution is -2.44. The van der Waals surface area contributed by atoms with E-state index in [9.17, 15) is 0 Å². The number of nitrogen functional groups attached to an aromatic ring is 1. The smallest absolute Gasteiger partial charge is 0.122 e. The van der Waals surface area contributed by atoms with Crippen molar-refractivity contribution in [3.8, 4) is 0 Å². The maximum absolute atomic E-state index is 7.49. The fourth-order valence-electron chi connectivity index (χ4n) is 2.75. The number of nitrogens with zero attached hydrogens (tertiary/aromatic N) is 2. The van der Waals surface area contributed by atoms with Crippen LogP contribution in [0.3, 0.4) is 0 Å². The van der Waals surface area contributed by atoms with Crippen molar-refractivity contribution in [3.05, 3.63) is 35.4 Å². The zero-order valence-electron chi connectivity index (χ0n) is 11.9. The van der Waals surface area contributed by atoms with Crippen LogP contribution >= 0.6 is 0 Å². The molecule has 0 aliphatic carbocycles. The summed E-state index contributed by atoms with van der Waals surface area (Å²) in [5.41, 5.74) is 7.57. The van der Waals surface area contributed by atoms with Crippen molar-refractivity contribution in [2.45, 2.75) is 25.4 Å². The van der Waals surface area contributed by atoms with Gasteiger partial charge in [-0.2, -0.15) is 0 Å². The minimum absolute atomic E-state index is 0.141. The fourth-order valence-corrected chi connectivity index (χ4v) is 2.75. The molecule has 4 heteroatoms. The monoisotopic (exact) mass is 260 g/mol. The van der Waals surface area contributed by atoms with Crippen LogP contribution in [0.1, 0.15) is 24.0 Å². The van der Waals surface area contributed by atoms with Crippen LogP contribution in [0.2, 0.25) is 0 Å². The molecule has 19 heavy (non-hydrogen) atoms. The maximum Gasteiger partial charge on any atom is 0.122 e. The fraction of sp³-hybridized carbons (Fsp3) is 0.533. The van der Waals surface area contributed by atoms with Gasteiger partial charge in [0.05, 0.1) is 0 Å². The van der Waals surface area contributed by atoms with Crippen LogP contribution in [0, 0.1) is 5.41 Å². The number of amidine groups is 1. The SMILES string of the molecule is CN1CCCC(N(C)Cc2cccc(C(=N)N)c2)C1. The molecule has 1 aliphatic rings. The molecule has 1 aliphatic heterocycles. The van der Waals surface area contributed by atoms with Crippen LogP contribution in [-0.4, -0.2) is 48.9 Å². The van der Waals surface area contributed by atoms with Crippen molar-refractivity contribution >= 4 is 5.84 Å². The summed E-state index contributed by atoms with van der Waals surface area (Å²) in [6.07, 6.45) is 2.55. The first-order valence-corrected chi connectivity index (χ1v) is 6.88. The van der Waals surface area contributed by atoms with Crippen molar-refractivity contribution in [3.63, 3.8) is 0 Å². The van der Waals surface area contributed by atoms with Gasteiger partial charge in [0.25, 0.3) is 0 Å². The number of likely N-dealkylation sites (tertiary alicyclic amines) is 1. The van der Waals surface area contributed by atoms with Gasteiger partial charge in [-0.05, 0) is 45.1 Å². The van der Waals surface area contributed by atoms with E-state index in [1.807, 2.05) is 18.2 Å². The Bertz CT molecular complexity index is 444. The van der Waals surface area contributed by atoms with Crippen LogP contribution < -0.4 is 5.73 Å². The van der Waals surface area contributed by atoms with Gasteiger partial charge in [-0.3, -0.25) is 10.3 Å². The largest absolute Gasteiger partial charge is 0.384 e. The lowest BCUT2D eigenvalue weighted by atomic mass is 10.0. The molecule has 2 rings (SSSR count). The molecule has 3 N–H and O–H groups in total. The van der Waals surface area contributed by atoms with E-state index in [-0.39, 0.29) is 5.84 Å². The lowest BCUT2D eigenvalue weighted by Gasteiger charge is -2.36. The first kappa shape index (κ1) is 14.0. The summed E-state index contributed by atoms with van der Waals surface area (Å²) < 4.78 is 0. The van der Waals surface area contributed by atoms with E-state index in [1.54, 1.807) is 0 Å². The van der Waals surface area contributed by atoms with E-state index in [4.69, 9.17) is 11.1 Å². The topological polar surface area (TPSA) is 56.4 Å². The van der Waals surface area contributed by atoms with Gasteiger partial charge < -0.3 is 10.6 Å². The van der Waals surface area contributed by atoms with Crippen molar-refractivity contribution in [1.82, 2.24) is 9.80 Å². The van der Waals surface area contributed by atoms with Gasteiger partial charge in [-0.1, -0.05) is 18.2 Å². The zero-order chi connectivity index (χ0) is 13.8. The molecule has 1 aromatic carbocycles. The van der Waals surface area contributed by atoms with Crippen molar-refractivity contribution in [2.75, 3.05) is 27.2 Å². The number of hydrogen-bond acceptors (Lipinski definition) is 3. The molecule has 0 spiro atoms. The Morgan fingerprint density at radius 3 is 3.00 bits per heavy atom. The van der Waals surface area contributed by atoms with Gasteiger partial charge >= 0.3 is 0 Å². The van der Waals surface area contributed by atoms with Crippen molar-refractivity contribution in [1.29, 1.82) is 5.41 Å². The minimum atomic E-state index is 0.141. The summed E-state index contributed by atoms with van der Waals surface area (Å²) in [5, 5.41) is 7.49. The molecule has 0 radical (unpaired) electrons. The standard InChI is InChI=1S/C15H24N4/c1-18-8-4-7-14(11-18)19(2)10-12-5-3-6-13(9-12)15(16)17/h3,5-6,9,14H,4,7-8,10-11H2,1-2H3,(H3,16,17). The molecular weight excluding hydrogens is 236 g/mol. The third-order valence-electron chi connectivity index (χ3n) is 3.89. The van der Waals surface area contributed by atoms with E-state index >= 15 is 0 Å². The van der Waals surface area contributed by atoms with Crippen LogP contribution in [-0.2, 0) is 6.54 Å². The Hall–Kier alpha value is -1.39. The number of piperidine rings is 1. The van der Waals surface area contributed by atoms with Crippen molar-refractivity contribution < 1.29 is 0 Å². The Balaban J connectivity index is 1.99. The molecule has 1 atom stereocenters. The molecule has 0 saturated carbocycles. The van der Waals surface area contributed by atoms with E-state index in [2.05, 4.69) is 30.0 Å². The van der Waals surface area contributed by atoms with Crippen LogP contribution in [0.5, 0.6) is 0 Å². The molecule has 0 bridgehead atoms. The van der Waals surface area contributed by atoms with Gasteiger partial charge in [0.15, 0.2) is 0 Å². The molecule has 1 heterocycles. The lowest BCUT2D eigenvalue weighted by molar-refractivity contribution is 0.129. The highest BCUT2D eigenvalue weighted by Crippen LogP contribution is 2.16. The van der Waals surface area contributed by atoms with Gasteiger partial charge in [-0.25, -0.2) is 0 Å². The molecule has 0 aromatic heterocycles. The average molecular weight is 260 g/mol. The number of benzene rings is 1. The average Bonchev–Trinajstić information content (AvgIpc) is 2.39. The Kier molecular flexibility index (Phi) is 4.56. The Morgan fingerprint density at radius 2 is 2.32 bits per heavy atom. The predicted molar refractivity (Wildman–Crippen MR) is 79.4 cm³/mol. The van der Waals surface area contributed by atoms with Crippen LogP contribution in [0.4, 0.5) is 0 Å². The number of rotatable bonds is 4. The molecule has 104 valence electrons. The molecule has 1 saturated heterocycles. The molecule has 0 amide bonds.